The Balaban J connectivity index is 2.38. The van der Waals surface area contributed by atoms with Crippen LogP contribution in [-0.2, 0) is 14.8 Å². The van der Waals surface area contributed by atoms with E-state index < -0.39 is 10.0 Å². The Bertz CT molecular complexity index is 745. The van der Waals surface area contributed by atoms with Crippen molar-refractivity contribution in [1.82, 2.24) is 3.97 Å². The molecule has 2 rings (SSSR count). The molecule has 1 aromatic carbocycles. The van der Waals surface area contributed by atoms with Gasteiger partial charge in [-0.1, -0.05) is 29.3 Å². The lowest BCUT2D eigenvalue weighted by Crippen LogP contribution is -2.10. The van der Waals surface area contributed by atoms with Crippen molar-refractivity contribution in [3.8, 4) is 0 Å². The fourth-order valence-electron chi connectivity index (χ4n) is 1.84. The van der Waals surface area contributed by atoms with Crippen LogP contribution in [0.15, 0.2) is 53.2 Å². The summed E-state index contributed by atoms with van der Waals surface area (Å²) in [6.07, 6.45) is 2.96. The first-order chi connectivity index (χ1) is 9.98. The van der Waals surface area contributed by atoms with Gasteiger partial charge in [-0.25, -0.2) is 12.4 Å². The van der Waals surface area contributed by atoms with Crippen molar-refractivity contribution in [1.29, 1.82) is 0 Å². The Morgan fingerprint density at radius 3 is 2.52 bits per heavy atom. The van der Waals surface area contributed by atoms with Crippen LogP contribution in [0, 0.1) is 6.92 Å². The second-order valence-electron chi connectivity index (χ2n) is 4.45. The summed E-state index contributed by atoms with van der Waals surface area (Å²) in [5.41, 5.74) is 2.91. The lowest BCUT2D eigenvalue weighted by Gasteiger charge is -2.07. The summed E-state index contributed by atoms with van der Waals surface area (Å²) >= 11 is 5.69. The van der Waals surface area contributed by atoms with Crippen LogP contribution < -0.4 is 0 Å². The van der Waals surface area contributed by atoms with Gasteiger partial charge in [0.25, 0.3) is 10.0 Å². The molecular weight excluding hydrogens is 310 g/mol. The van der Waals surface area contributed by atoms with E-state index >= 15 is 0 Å². The number of hydrogen-bond acceptors (Lipinski definition) is 3. The van der Waals surface area contributed by atoms with E-state index in [0.29, 0.717) is 17.9 Å². The van der Waals surface area contributed by atoms with Crippen molar-refractivity contribution in [3.63, 3.8) is 0 Å². The van der Waals surface area contributed by atoms with E-state index in [2.05, 4.69) is 0 Å². The minimum atomic E-state index is -3.60. The number of benzene rings is 1. The van der Waals surface area contributed by atoms with Gasteiger partial charge in [0, 0.05) is 23.5 Å². The topological polar surface area (TPSA) is 48.3 Å². The fourth-order valence-corrected chi connectivity index (χ4v) is 3.22. The van der Waals surface area contributed by atoms with Crippen molar-refractivity contribution in [2.24, 2.45) is 0 Å². The van der Waals surface area contributed by atoms with Crippen LogP contribution in [0.4, 0.5) is 0 Å². The van der Waals surface area contributed by atoms with Gasteiger partial charge in [0.2, 0.25) is 0 Å². The molecule has 21 heavy (non-hydrogen) atoms. The summed E-state index contributed by atoms with van der Waals surface area (Å²) < 4.78 is 31.5. The first-order valence-corrected chi connectivity index (χ1v) is 8.30. The van der Waals surface area contributed by atoms with Crippen LogP contribution in [0.3, 0.4) is 0 Å². The summed E-state index contributed by atoms with van der Waals surface area (Å²) in [6.45, 7) is 4.19. The van der Waals surface area contributed by atoms with Gasteiger partial charge >= 0.3 is 0 Å². The van der Waals surface area contributed by atoms with Crippen LogP contribution in [0.25, 0.3) is 5.76 Å². The molecule has 2 aromatic rings. The maximum absolute atomic E-state index is 12.5. The van der Waals surface area contributed by atoms with E-state index in [9.17, 15) is 8.42 Å². The van der Waals surface area contributed by atoms with E-state index in [4.69, 9.17) is 16.3 Å². The molecule has 0 radical (unpaired) electrons. The van der Waals surface area contributed by atoms with Crippen LogP contribution >= 0.6 is 11.6 Å². The van der Waals surface area contributed by atoms with Crippen LogP contribution in [0.2, 0.25) is 0 Å². The van der Waals surface area contributed by atoms with E-state index in [1.165, 1.54) is 17.9 Å². The molecule has 6 heteroatoms. The van der Waals surface area contributed by atoms with Crippen molar-refractivity contribution in [3.05, 3.63) is 59.4 Å². The molecule has 0 saturated heterocycles. The van der Waals surface area contributed by atoms with Gasteiger partial charge in [0.15, 0.2) is 0 Å². The molecule has 0 aliphatic carbocycles. The maximum atomic E-state index is 12.5. The number of ether oxygens (including phenoxy) is 1. The minimum Gasteiger partial charge on any atom is -0.492 e. The Hall–Kier alpha value is -1.72. The monoisotopic (exact) mass is 325 g/mol. The van der Waals surface area contributed by atoms with E-state index in [1.807, 2.05) is 13.8 Å². The zero-order valence-electron chi connectivity index (χ0n) is 11.8. The van der Waals surface area contributed by atoms with Crippen LogP contribution in [0.5, 0.6) is 0 Å². The average molecular weight is 326 g/mol. The molecule has 4 nitrogen and oxygen atoms in total. The number of nitrogens with zero attached hydrogens (tertiary/aromatic N) is 1. The molecule has 0 spiro atoms. The third kappa shape index (κ3) is 3.31. The number of aromatic nitrogens is 1. The van der Waals surface area contributed by atoms with Crippen LogP contribution in [-0.4, -0.2) is 19.0 Å². The lowest BCUT2D eigenvalue weighted by molar-refractivity contribution is 0.298. The zero-order chi connectivity index (χ0) is 15.5. The normalized spacial score (nSPS) is 12.4. The highest BCUT2D eigenvalue weighted by molar-refractivity contribution is 7.90. The molecule has 0 bridgehead atoms. The highest BCUT2D eigenvalue weighted by atomic mass is 35.5. The molecule has 0 unspecified atom stereocenters. The Labute approximate surface area is 129 Å². The first kappa shape index (κ1) is 15.7. The van der Waals surface area contributed by atoms with Gasteiger partial charge in [0.1, 0.15) is 5.76 Å². The van der Waals surface area contributed by atoms with Crippen molar-refractivity contribution >= 4 is 27.4 Å². The molecule has 1 aromatic heterocycles. The maximum Gasteiger partial charge on any atom is 0.267 e. The molecule has 0 N–H and O–H groups in total. The van der Waals surface area contributed by atoms with E-state index in [-0.39, 0.29) is 4.90 Å². The average Bonchev–Trinajstić information content (AvgIpc) is 2.95. The van der Waals surface area contributed by atoms with Crippen LogP contribution in [0.1, 0.15) is 18.1 Å². The zero-order valence-corrected chi connectivity index (χ0v) is 13.4. The highest BCUT2D eigenvalue weighted by Gasteiger charge is 2.17. The van der Waals surface area contributed by atoms with Crippen molar-refractivity contribution in [2.75, 3.05) is 6.61 Å². The summed E-state index contributed by atoms with van der Waals surface area (Å²) in [6, 6.07) is 8.36. The van der Waals surface area contributed by atoms with Gasteiger partial charge in [-0.15, -0.1) is 0 Å². The molecule has 0 aliphatic heterocycles. The third-order valence-electron chi connectivity index (χ3n) is 2.95. The lowest BCUT2D eigenvalue weighted by atomic mass is 10.2. The Morgan fingerprint density at radius 2 is 1.95 bits per heavy atom. The molecule has 1 heterocycles. The summed E-state index contributed by atoms with van der Waals surface area (Å²) in [5.74, 6) is 0.442. The second-order valence-corrected chi connectivity index (χ2v) is 6.52. The van der Waals surface area contributed by atoms with E-state index in [1.54, 1.807) is 30.3 Å². The van der Waals surface area contributed by atoms with Crippen molar-refractivity contribution in [2.45, 2.75) is 18.7 Å². The quantitative estimate of drug-likeness (QED) is 0.789. The fraction of sp³-hybridized carbons (Fsp3) is 0.200. The first-order valence-electron chi connectivity index (χ1n) is 6.43. The largest absolute Gasteiger partial charge is 0.492 e. The summed E-state index contributed by atoms with van der Waals surface area (Å²) in [5, 5.41) is 0. The summed E-state index contributed by atoms with van der Waals surface area (Å²) in [7, 11) is -3.60. The molecule has 0 amide bonds. The van der Waals surface area contributed by atoms with Crippen molar-refractivity contribution < 1.29 is 13.2 Å². The number of rotatable bonds is 5. The number of hydrogen-bond donors (Lipinski definition) is 0. The van der Waals surface area contributed by atoms with Gasteiger partial charge in [-0.2, -0.15) is 0 Å². The van der Waals surface area contributed by atoms with Gasteiger partial charge in [-0.3, -0.25) is 0 Å². The molecule has 0 aliphatic rings. The highest BCUT2D eigenvalue weighted by Crippen LogP contribution is 2.21. The van der Waals surface area contributed by atoms with Gasteiger partial charge < -0.3 is 4.74 Å². The summed E-state index contributed by atoms with van der Waals surface area (Å²) in [4.78, 5) is 0.239. The third-order valence-corrected chi connectivity index (χ3v) is 4.80. The van der Waals surface area contributed by atoms with Gasteiger partial charge in [-0.05, 0) is 32.0 Å². The predicted molar refractivity (Wildman–Crippen MR) is 83.7 cm³/mol. The smallest absolute Gasteiger partial charge is 0.267 e. The van der Waals surface area contributed by atoms with E-state index in [0.717, 1.165) is 9.54 Å². The molecular formula is C15H16ClNO3S. The SMILES string of the molecule is CCOC(=CCl)c1ccn(S(=O)(=O)c2ccc(C)cc2)c1. The Morgan fingerprint density at radius 1 is 1.29 bits per heavy atom. The standard InChI is InChI=1S/C15H16ClNO3S/c1-3-20-15(10-16)13-8-9-17(11-13)21(18,19)14-6-4-12(2)5-7-14/h4-11H,3H2,1-2H3. The number of halogens is 1. The second kappa shape index (κ2) is 6.37. The minimum absolute atomic E-state index is 0.239. The molecule has 0 fully saturated rings. The van der Waals surface area contributed by atoms with Gasteiger partial charge in [0.05, 0.1) is 11.5 Å². The predicted octanol–water partition coefficient (Wildman–Crippen LogP) is 3.61. The molecule has 0 atom stereocenters. The number of aryl methyl sites for hydroxylation is 1. The Kier molecular flexibility index (Phi) is 4.75. The molecule has 112 valence electrons. The molecule has 0 saturated carbocycles.